The van der Waals surface area contributed by atoms with Gasteiger partial charge in [-0.1, -0.05) is 58.0 Å². The van der Waals surface area contributed by atoms with Crippen LogP contribution in [0.15, 0.2) is 48.5 Å². The number of anilines is 1. The molecule has 1 aromatic heterocycles. The van der Waals surface area contributed by atoms with E-state index in [4.69, 9.17) is 0 Å². The fraction of sp³-hybridized carbons (Fsp3) is 0.568. The zero-order valence-electron chi connectivity index (χ0n) is 29.6. The van der Waals surface area contributed by atoms with Crippen molar-refractivity contribution < 1.29 is 31.5 Å². The number of amides is 3. The number of fused-ring (bicyclic) bond motifs is 1. The third-order valence-corrected chi connectivity index (χ3v) is 9.86. The number of halogens is 5. The molecule has 1 N–H and O–H groups in total. The van der Waals surface area contributed by atoms with Gasteiger partial charge in [0.2, 0.25) is 5.91 Å². The van der Waals surface area contributed by atoms with E-state index in [1.54, 1.807) is 9.80 Å². The summed E-state index contributed by atoms with van der Waals surface area (Å²) in [6, 6.07) is 12.8. The SMILES string of the molecule is CC.CC.CCN(C(=O)Nc1ccccc1)C1CCN(C(=O)C[C@@H]2CCC(c3cccc(F)c3F)Cn3c2nnc3C2(C(F)(F)F)CC2)CC1. The molecule has 0 bridgehead atoms. The van der Waals surface area contributed by atoms with E-state index in [1.165, 1.54) is 16.7 Å². The maximum atomic E-state index is 14.9. The molecule has 3 aliphatic rings. The third kappa shape index (κ3) is 8.12. The van der Waals surface area contributed by atoms with Crippen LogP contribution in [0.5, 0.6) is 0 Å². The normalized spacial score (nSPS) is 19.8. The maximum Gasteiger partial charge on any atom is 0.401 e. The molecule has 2 atom stereocenters. The second kappa shape index (κ2) is 16.8. The minimum atomic E-state index is -4.54. The number of rotatable bonds is 7. The van der Waals surface area contributed by atoms with Crippen molar-refractivity contribution in [3.63, 3.8) is 0 Å². The molecular formula is C37H49F5N6O2. The number of urea groups is 1. The number of carbonyl (C=O) groups excluding carboxylic acids is 2. The van der Waals surface area contributed by atoms with Crippen molar-refractivity contribution in [3.8, 4) is 0 Å². The summed E-state index contributed by atoms with van der Waals surface area (Å²) in [5.41, 5.74) is -1.33. The van der Waals surface area contributed by atoms with E-state index in [2.05, 4.69) is 15.5 Å². The molecular weight excluding hydrogens is 655 g/mol. The summed E-state index contributed by atoms with van der Waals surface area (Å²) in [7, 11) is 0. The Balaban J connectivity index is 0.00000136. The lowest BCUT2D eigenvalue weighted by Gasteiger charge is -2.38. The lowest BCUT2D eigenvalue weighted by molar-refractivity contribution is -0.163. The van der Waals surface area contributed by atoms with Gasteiger partial charge >= 0.3 is 12.2 Å². The van der Waals surface area contributed by atoms with Crippen LogP contribution in [0, 0.1) is 11.6 Å². The molecule has 2 aromatic carbocycles. The van der Waals surface area contributed by atoms with Crippen molar-refractivity contribution in [1.82, 2.24) is 24.6 Å². The van der Waals surface area contributed by atoms with E-state index in [0.29, 0.717) is 51.0 Å². The van der Waals surface area contributed by atoms with Crippen LogP contribution in [0.25, 0.3) is 0 Å². The summed E-state index contributed by atoms with van der Waals surface area (Å²) in [6.07, 6.45) is -2.92. The highest BCUT2D eigenvalue weighted by Gasteiger charge is 2.67. The maximum absolute atomic E-state index is 14.9. The van der Waals surface area contributed by atoms with Gasteiger partial charge in [0, 0.05) is 56.2 Å². The quantitative estimate of drug-likeness (QED) is 0.249. The first-order chi connectivity index (χ1) is 24.0. The summed E-state index contributed by atoms with van der Waals surface area (Å²) in [6.45, 7) is 11.2. The second-order valence-electron chi connectivity index (χ2n) is 12.6. The van der Waals surface area contributed by atoms with Crippen LogP contribution in [0.3, 0.4) is 0 Å². The zero-order valence-corrected chi connectivity index (χ0v) is 29.6. The van der Waals surface area contributed by atoms with Gasteiger partial charge in [-0.2, -0.15) is 13.2 Å². The standard InChI is InChI=1S/C33H37F5N6O2.2C2H6/c1-2-43(31(46)39-23-7-4-3-5-8-23)24-13-17-42(18-14-24)27(45)19-21-11-12-22(25-9-6-10-26(34)28(25)35)20-44-29(21)40-41-30(44)32(15-16-32)33(36,37)38;2*1-2/h3-10,21-22,24H,2,11-20H2,1H3,(H,39,46);2*1-2H3/t21-,22?;;/m0../s1. The van der Waals surface area contributed by atoms with Crippen molar-refractivity contribution in [1.29, 1.82) is 0 Å². The highest BCUT2D eigenvalue weighted by atomic mass is 19.4. The average molecular weight is 705 g/mol. The van der Waals surface area contributed by atoms with E-state index in [9.17, 15) is 31.5 Å². The van der Waals surface area contributed by atoms with Crippen LogP contribution < -0.4 is 5.32 Å². The van der Waals surface area contributed by atoms with E-state index < -0.39 is 35.1 Å². The number of likely N-dealkylation sites (tertiary alicyclic amines) is 1. The van der Waals surface area contributed by atoms with Crippen molar-refractivity contribution in [2.75, 3.05) is 25.0 Å². The molecule has 3 amide bonds. The van der Waals surface area contributed by atoms with Gasteiger partial charge in [-0.05, 0) is 69.2 Å². The number of hydrogen-bond donors (Lipinski definition) is 1. The largest absolute Gasteiger partial charge is 0.401 e. The predicted octanol–water partition coefficient (Wildman–Crippen LogP) is 8.80. The number of para-hydroxylation sites is 1. The minimum Gasteiger partial charge on any atom is -0.343 e. The molecule has 1 aliphatic carbocycles. The molecule has 50 heavy (non-hydrogen) atoms. The Labute approximate surface area is 291 Å². The first-order valence-corrected chi connectivity index (χ1v) is 17.9. The Bertz CT molecular complexity index is 1570. The molecule has 1 saturated heterocycles. The summed E-state index contributed by atoms with van der Waals surface area (Å²) in [5, 5.41) is 11.1. The number of aromatic nitrogens is 3. The van der Waals surface area contributed by atoms with Gasteiger partial charge in [0.15, 0.2) is 11.6 Å². The number of benzene rings is 2. The number of alkyl halides is 3. The van der Waals surface area contributed by atoms with Crippen LogP contribution in [-0.4, -0.2) is 68.4 Å². The number of nitrogens with zero attached hydrogens (tertiary/aromatic N) is 5. The number of hydrogen-bond acceptors (Lipinski definition) is 4. The summed E-state index contributed by atoms with van der Waals surface area (Å²) in [4.78, 5) is 30.1. The Morgan fingerprint density at radius 2 is 1.58 bits per heavy atom. The Hall–Kier alpha value is -4.03. The van der Waals surface area contributed by atoms with Crippen LogP contribution in [-0.2, 0) is 16.8 Å². The number of carbonyl (C=O) groups is 2. The van der Waals surface area contributed by atoms with Gasteiger partial charge in [0.1, 0.15) is 17.1 Å². The Morgan fingerprint density at radius 3 is 2.18 bits per heavy atom. The van der Waals surface area contributed by atoms with Gasteiger partial charge in [-0.25, -0.2) is 13.6 Å². The molecule has 1 unspecified atom stereocenters. The molecule has 0 spiro atoms. The van der Waals surface area contributed by atoms with Gasteiger partial charge in [0.05, 0.1) is 0 Å². The fourth-order valence-corrected chi connectivity index (χ4v) is 7.09. The van der Waals surface area contributed by atoms with Crippen molar-refractivity contribution in [2.45, 2.75) is 116 Å². The molecule has 3 aromatic rings. The van der Waals surface area contributed by atoms with Gasteiger partial charge < -0.3 is 19.7 Å². The van der Waals surface area contributed by atoms with Gasteiger partial charge in [0.25, 0.3) is 0 Å². The van der Waals surface area contributed by atoms with Crippen LogP contribution >= 0.6 is 0 Å². The molecule has 274 valence electrons. The first-order valence-electron chi connectivity index (χ1n) is 17.9. The molecule has 6 rings (SSSR count). The van der Waals surface area contributed by atoms with E-state index in [0.717, 1.165) is 6.07 Å². The van der Waals surface area contributed by atoms with Crippen molar-refractivity contribution >= 4 is 17.6 Å². The first kappa shape index (κ1) is 38.8. The molecule has 13 heteroatoms. The highest BCUT2D eigenvalue weighted by molar-refractivity contribution is 5.89. The number of piperidine rings is 1. The lowest BCUT2D eigenvalue weighted by Crippen LogP contribution is -2.50. The van der Waals surface area contributed by atoms with Gasteiger partial charge in [-0.15, -0.1) is 10.2 Å². The van der Waals surface area contributed by atoms with Crippen LogP contribution in [0.4, 0.5) is 32.4 Å². The molecule has 8 nitrogen and oxygen atoms in total. The molecule has 2 aliphatic heterocycles. The summed E-state index contributed by atoms with van der Waals surface area (Å²) >= 11 is 0. The van der Waals surface area contributed by atoms with Crippen LogP contribution in [0.1, 0.15) is 109 Å². The second-order valence-corrected chi connectivity index (χ2v) is 12.6. The monoisotopic (exact) mass is 704 g/mol. The Morgan fingerprint density at radius 1 is 0.920 bits per heavy atom. The van der Waals surface area contributed by atoms with E-state index >= 15 is 0 Å². The van der Waals surface area contributed by atoms with E-state index in [-0.39, 0.29) is 61.0 Å². The average Bonchev–Trinajstić information content (AvgIpc) is 3.88. The van der Waals surface area contributed by atoms with Crippen molar-refractivity contribution in [3.05, 3.63) is 77.4 Å². The van der Waals surface area contributed by atoms with E-state index in [1.807, 2.05) is 65.0 Å². The minimum absolute atomic E-state index is 0.00611. The highest BCUT2D eigenvalue weighted by Crippen LogP contribution is 2.59. The summed E-state index contributed by atoms with van der Waals surface area (Å²) in [5.74, 6) is -3.30. The smallest absolute Gasteiger partial charge is 0.343 e. The zero-order chi connectivity index (χ0) is 36.6. The third-order valence-electron chi connectivity index (χ3n) is 9.86. The fourth-order valence-electron chi connectivity index (χ4n) is 7.09. The molecule has 3 heterocycles. The summed E-state index contributed by atoms with van der Waals surface area (Å²) < 4.78 is 73.1. The van der Waals surface area contributed by atoms with Gasteiger partial charge in [-0.3, -0.25) is 4.79 Å². The van der Waals surface area contributed by atoms with Crippen molar-refractivity contribution in [2.24, 2.45) is 0 Å². The molecule has 2 fully saturated rings. The topological polar surface area (TPSA) is 83.4 Å². The molecule has 0 radical (unpaired) electrons. The predicted molar refractivity (Wildman–Crippen MR) is 183 cm³/mol. The molecule has 1 saturated carbocycles. The van der Waals surface area contributed by atoms with Crippen LogP contribution in [0.2, 0.25) is 0 Å². The lowest BCUT2D eigenvalue weighted by atomic mass is 9.89. The Kier molecular flexibility index (Phi) is 13.0. The number of nitrogens with one attached hydrogen (secondary N) is 1.